The molecular formula is C27H26N2O4. The molecule has 1 atom stereocenters. The van der Waals surface area contributed by atoms with E-state index in [4.69, 9.17) is 9.47 Å². The lowest BCUT2D eigenvalue weighted by Gasteiger charge is -2.17. The Morgan fingerprint density at radius 3 is 2.48 bits per heavy atom. The molecule has 33 heavy (non-hydrogen) atoms. The predicted octanol–water partition coefficient (Wildman–Crippen LogP) is 4.24. The van der Waals surface area contributed by atoms with Crippen molar-refractivity contribution >= 4 is 10.8 Å². The average molecular weight is 443 g/mol. The van der Waals surface area contributed by atoms with Crippen LogP contribution in [0.4, 0.5) is 0 Å². The first kappa shape index (κ1) is 22.3. The highest BCUT2D eigenvalue weighted by Crippen LogP contribution is 2.29. The van der Waals surface area contributed by atoms with E-state index in [-0.39, 0.29) is 18.7 Å². The Balaban J connectivity index is 1.57. The number of nitrogens with zero attached hydrogens (tertiary/aromatic N) is 2. The van der Waals surface area contributed by atoms with Crippen LogP contribution in [0.25, 0.3) is 22.0 Å². The molecule has 4 rings (SSSR count). The van der Waals surface area contributed by atoms with Crippen LogP contribution in [0, 0.1) is 0 Å². The second kappa shape index (κ2) is 10.1. The number of rotatable bonds is 9. The first-order valence-corrected chi connectivity index (χ1v) is 10.7. The Bertz CT molecular complexity index is 1320. The molecule has 0 aliphatic heterocycles. The van der Waals surface area contributed by atoms with Crippen molar-refractivity contribution in [3.63, 3.8) is 0 Å². The molecule has 1 aromatic heterocycles. The minimum atomic E-state index is -0.947. The van der Waals surface area contributed by atoms with Gasteiger partial charge in [0, 0.05) is 10.9 Å². The number of ether oxygens (including phenoxy) is 2. The van der Waals surface area contributed by atoms with Crippen molar-refractivity contribution in [1.29, 1.82) is 0 Å². The Labute approximate surface area is 192 Å². The largest absolute Gasteiger partial charge is 0.493 e. The molecule has 3 aromatic carbocycles. The summed E-state index contributed by atoms with van der Waals surface area (Å²) >= 11 is 0. The van der Waals surface area contributed by atoms with Crippen molar-refractivity contribution in [3.05, 3.63) is 101 Å². The molecule has 1 heterocycles. The van der Waals surface area contributed by atoms with E-state index >= 15 is 0 Å². The highest BCUT2D eigenvalue weighted by atomic mass is 16.5. The molecule has 4 aromatic rings. The van der Waals surface area contributed by atoms with Crippen LogP contribution in [0.1, 0.15) is 5.56 Å². The molecule has 6 heteroatoms. The standard InChI is InChI=1S/C27H26N2O4/c1-3-9-19-14-15-24(25(16-19)32-2)33-18-21(30)17-29-27(31)23-13-8-7-12-22(23)26(28-29)20-10-5-4-6-11-20/h3-8,10-16,21,30H,1,9,17-18H2,2H3/t21-/m0/s1. The van der Waals surface area contributed by atoms with Crippen molar-refractivity contribution in [2.45, 2.75) is 19.1 Å². The van der Waals surface area contributed by atoms with Crippen molar-refractivity contribution in [2.24, 2.45) is 0 Å². The smallest absolute Gasteiger partial charge is 0.274 e. The average Bonchev–Trinajstić information content (AvgIpc) is 2.85. The lowest BCUT2D eigenvalue weighted by Crippen LogP contribution is -2.32. The SMILES string of the molecule is C=CCc1ccc(OC[C@@H](O)Cn2nc(-c3ccccc3)c3ccccc3c2=O)c(OC)c1. The molecule has 6 nitrogen and oxygen atoms in total. The van der Waals surface area contributed by atoms with Gasteiger partial charge < -0.3 is 14.6 Å². The molecule has 0 fully saturated rings. The number of aliphatic hydroxyl groups is 1. The number of fused-ring (bicyclic) bond motifs is 1. The van der Waals surface area contributed by atoms with E-state index in [9.17, 15) is 9.90 Å². The van der Waals surface area contributed by atoms with Gasteiger partial charge >= 0.3 is 0 Å². The topological polar surface area (TPSA) is 73.6 Å². The van der Waals surface area contributed by atoms with Crippen LogP contribution >= 0.6 is 0 Å². The van der Waals surface area contributed by atoms with Crippen LogP contribution in [0.5, 0.6) is 11.5 Å². The Hall–Kier alpha value is -3.90. The molecule has 1 N–H and O–H groups in total. The van der Waals surface area contributed by atoms with E-state index in [0.29, 0.717) is 22.6 Å². The minimum Gasteiger partial charge on any atom is -0.493 e. The maximum atomic E-state index is 13.0. The number of hydrogen-bond donors (Lipinski definition) is 1. The lowest BCUT2D eigenvalue weighted by atomic mass is 10.1. The quantitative estimate of drug-likeness (QED) is 0.393. The van der Waals surface area contributed by atoms with Crippen LogP contribution in [-0.4, -0.2) is 34.7 Å². The van der Waals surface area contributed by atoms with E-state index in [1.807, 2.05) is 66.7 Å². The molecular weight excluding hydrogens is 416 g/mol. The number of allylic oxidation sites excluding steroid dienone is 1. The van der Waals surface area contributed by atoms with E-state index in [1.165, 1.54) is 4.68 Å². The van der Waals surface area contributed by atoms with Crippen molar-refractivity contribution < 1.29 is 14.6 Å². The molecule has 0 saturated carbocycles. The third-order valence-electron chi connectivity index (χ3n) is 5.34. The van der Waals surface area contributed by atoms with Gasteiger partial charge in [0.2, 0.25) is 0 Å². The first-order chi connectivity index (χ1) is 16.1. The number of aromatic nitrogens is 2. The molecule has 168 valence electrons. The van der Waals surface area contributed by atoms with Crippen LogP contribution < -0.4 is 15.0 Å². The van der Waals surface area contributed by atoms with Crippen LogP contribution in [-0.2, 0) is 13.0 Å². The molecule has 0 aliphatic carbocycles. The van der Waals surface area contributed by atoms with E-state index in [2.05, 4.69) is 11.7 Å². The lowest BCUT2D eigenvalue weighted by molar-refractivity contribution is 0.0868. The van der Waals surface area contributed by atoms with E-state index in [1.54, 1.807) is 19.2 Å². The third-order valence-corrected chi connectivity index (χ3v) is 5.34. The van der Waals surface area contributed by atoms with Gasteiger partial charge in [-0.3, -0.25) is 4.79 Å². The van der Waals surface area contributed by atoms with Crippen molar-refractivity contribution in [1.82, 2.24) is 9.78 Å². The highest BCUT2D eigenvalue weighted by Gasteiger charge is 2.16. The van der Waals surface area contributed by atoms with Gasteiger partial charge in [-0.05, 0) is 30.2 Å². The molecule has 0 bridgehead atoms. The number of methoxy groups -OCH3 is 1. The Morgan fingerprint density at radius 1 is 1.03 bits per heavy atom. The third kappa shape index (κ3) is 4.96. The molecule has 0 radical (unpaired) electrons. The summed E-state index contributed by atoms with van der Waals surface area (Å²) in [4.78, 5) is 13.0. The summed E-state index contributed by atoms with van der Waals surface area (Å²) in [6, 6.07) is 22.7. The number of aliphatic hydroxyl groups excluding tert-OH is 1. The maximum Gasteiger partial charge on any atom is 0.274 e. The van der Waals surface area contributed by atoms with Gasteiger partial charge in [0.25, 0.3) is 5.56 Å². The summed E-state index contributed by atoms with van der Waals surface area (Å²) in [6.45, 7) is 3.73. The molecule has 0 spiro atoms. The Kier molecular flexibility index (Phi) is 6.86. The van der Waals surface area contributed by atoms with Gasteiger partial charge in [-0.25, -0.2) is 4.68 Å². The predicted molar refractivity (Wildman–Crippen MR) is 130 cm³/mol. The Morgan fingerprint density at radius 2 is 1.76 bits per heavy atom. The molecule has 0 amide bonds. The van der Waals surface area contributed by atoms with Gasteiger partial charge in [-0.2, -0.15) is 5.10 Å². The second-order valence-corrected chi connectivity index (χ2v) is 7.69. The molecule has 0 aliphatic rings. The zero-order valence-electron chi connectivity index (χ0n) is 18.5. The van der Waals surface area contributed by atoms with E-state index in [0.717, 1.165) is 22.9 Å². The second-order valence-electron chi connectivity index (χ2n) is 7.69. The summed E-state index contributed by atoms with van der Waals surface area (Å²) < 4.78 is 12.5. The summed E-state index contributed by atoms with van der Waals surface area (Å²) in [5.41, 5.74) is 2.39. The zero-order valence-corrected chi connectivity index (χ0v) is 18.5. The van der Waals surface area contributed by atoms with Crippen LogP contribution in [0.2, 0.25) is 0 Å². The maximum absolute atomic E-state index is 13.0. The minimum absolute atomic E-state index is 0.000361. The van der Waals surface area contributed by atoms with Crippen LogP contribution in [0.3, 0.4) is 0 Å². The highest BCUT2D eigenvalue weighted by molar-refractivity contribution is 5.93. The summed E-state index contributed by atoms with van der Waals surface area (Å²) in [5.74, 6) is 1.10. The molecule has 0 saturated heterocycles. The van der Waals surface area contributed by atoms with E-state index < -0.39 is 6.10 Å². The van der Waals surface area contributed by atoms with Gasteiger partial charge in [-0.1, -0.05) is 60.7 Å². The summed E-state index contributed by atoms with van der Waals surface area (Å²) in [7, 11) is 1.57. The van der Waals surface area contributed by atoms with Gasteiger partial charge in [0.05, 0.1) is 24.7 Å². The van der Waals surface area contributed by atoms with Gasteiger partial charge in [0.1, 0.15) is 12.7 Å². The van der Waals surface area contributed by atoms with Crippen molar-refractivity contribution in [3.8, 4) is 22.8 Å². The van der Waals surface area contributed by atoms with Gasteiger partial charge in [0.15, 0.2) is 11.5 Å². The summed E-state index contributed by atoms with van der Waals surface area (Å²) in [6.07, 6.45) is 1.59. The fourth-order valence-corrected chi connectivity index (χ4v) is 3.73. The summed E-state index contributed by atoms with van der Waals surface area (Å²) in [5, 5.41) is 16.6. The number of benzene rings is 3. The van der Waals surface area contributed by atoms with Crippen molar-refractivity contribution in [2.75, 3.05) is 13.7 Å². The zero-order chi connectivity index (χ0) is 23.2. The fraction of sp³-hybridized carbons (Fsp3) is 0.185. The normalized spacial score (nSPS) is 11.8. The van der Waals surface area contributed by atoms with Gasteiger partial charge in [-0.15, -0.1) is 6.58 Å². The first-order valence-electron chi connectivity index (χ1n) is 10.7. The van der Waals surface area contributed by atoms with Crippen LogP contribution in [0.15, 0.2) is 90.2 Å². The fourth-order valence-electron chi connectivity index (χ4n) is 3.73. The molecule has 0 unspecified atom stereocenters. The number of hydrogen-bond acceptors (Lipinski definition) is 5. The monoisotopic (exact) mass is 442 g/mol.